The van der Waals surface area contributed by atoms with Crippen LogP contribution in [0.5, 0.6) is 0 Å². The van der Waals surface area contributed by atoms with Gasteiger partial charge in [-0.1, -0.05) is 69.4 Å². The van der Waals surface area contributed by atoms with Gasteiger partial charge in [-0.05, 0) is 87.0 Å². The van der Waals surface area contributed by atoms with Crippen LogP contribution in [0.3, 0.4) is 0 Å². The molecule has 1 aliphatic carbocycles. The van der Waals surface area contributed by atoms with Crippen molar-refractivity contribution in [2.75, 3.05) is 12.8 Å². The minimum atomic E-state index is 0.0926. The Morgan fingerprint density at radius 3 is 2.32 bits per heavy atom. The van der Waals surface area contributed by atoms with E-state index in [0.29, 0.717) is 0 Å². The number of likely N-dealkylation sites (N-methyl/N-ethyl adjacent to an activating group) is 1. The molecule has 31 heavy (non-hydrogen) atoms. The van der Waals surface area contributed by atoms with Crippen molar-refractivity contribution in [1.82, 2.24) is 4.90 Å². The number of nitrogens with two attached hydrogens (primary N) is 1. The number of hydrogen-bond donors (Lipinski definition) is 1. The highest BCUT2D eigenvalue weighted by molar-refractivity contribution is 5.54. The van der Waals surface area contributed by atoms with Crippen LogP contribution in [-0.4, -0.2) is 18.0 Å². The van der Waals surface area contributed by atoms with Gasteiger partial charge in [0.1, 0.15) is 0 Å². The van der Waals surface area contributed by atoms with Crippen molar-refractivity contribution in [3.8, 4) is 0 Å². The third-order valence-corrected chi connectivity index (χ3v) is 6.93. The summed E-state index contributed by atoms with van der Waals surface area (Å²) in [6.07, 6.45) is 8.92. The lowest BCUT2D eigenvalue weighted by Gasteiger charge is -2.34. The summed E-state index contributed by atoms with van der Waals surface area (Å²) in [6.45, 7) is 24.0. The van der Waals surface area contributed by atoms with Gasteiger partial charge in [0.15, 0.2) is 0 Å². The first-order valence-electron chi connectivity index (χ1n) is 11.6. The highest BCUT2D eigenvalue weighted by Gasteiger charge is 2.44. The molecule has 0 spiro atoms. The lowest BCUT2D eigenvalue weighted by Crippen LogP contribution is -2.31. The van der Waals surface area contributed by atoms with Gasteiger partial charge in [-0.25, -0.2) is 0 Å². The van der Waals surface area contributed by atoms with Crippen LogP contribution in [0.2, 0.25) is 0 Å². The van der Waals surface area contributed by atoms with E-state index in [9.17, 15) is 0 Å². The van der Waals surface area contributed by atoms with E-state index < -0.39 is 0 Å². The van der Waals surface area contributed by atoms with E-state index in [4.69, 9.17) is 5.73 Å². The molecule has 2 rings (SSSR count). The minimum absolute atomic E-state index is 0.0926. The third-order valence-electron chi connectivity index (χ3n) is 6.93. The average molecular weight is 421 g/mol. The van der Waals surface area contributed by atoms with E-state index in [1.165, 1.54) is 40.8 Å². The van der Waals surface area contributed by atoms with Crippen LogP contribution in [0.25, 0.3) is 0 Å². The fourth-order valence-electron chi connectivity index (χ4n) is 4.51. The maximum absolute atomic E-state index is 6.47. The molecule has 0 radical (unpaired) electrons. The average Bonchev–Trinajstić information content (AvgIpc) is 3.43. The van der Waals surface area contributed by atoms with Crippen molar-refractivity contribution in [3.05, 3.63) is 77.1 Å². The smallest absolute Gasteiger partial charge is 0.0510 e. The molecule has 0 heterocycles. The molecular formula is C29H44N2. The quantitative estimate of drug-likeness (QED) is 0.329. The number of hydrogen-bond acceptors (Lipinski definition) is 2. The molecule has 1 aromatic rings. The van der Waals surface area contributed by atoms with Crippen molar-refractivity contribution in [2.45, 2.75) is 85.6 Å². The van der Waals surface area contributed by atoms with Gasteiger partial charge >= 0.3 is 0 Å². The highest BCUT2D eigenvalue weighted by Crippen LogP contribution is 2.54. The van der Waals surface area contributed by atoms with Gasteiger partial charge in [0.2, 0.25) is 0 Å². The largest absolute Gasteiger partial charge is 0.398 e. The van der Waals surface area contributed by atoms with Gasteiger partial charge in [0.25, 0.3) is 0 Å². The van der Waals surface area contributed by atoms with E-state index in [1.807, 2.05) is 0 Å². The van der Waals surface area contributed by atoms with Crippen LogP contribution in [-0.2, 0) is 11.8 Å². The van der Waals surface area contributed by atoms with Crippen LogP contribution in [0.4, 0.5) is 5.69 Å². The number of benzene rings is 1. The van der Waals surface area contributed by atoms with E-state index in [0.717, 1.165) is 24.1 Å². The van der Waals surface area contributed by atoms with Crippen LogP contribution in [0.1, 0.15) is 78.9 Å². The summed E-state index contributed by atoms with van der Waals surface area (Å²) in [5.41, 5.74) is 15.4. The Balaban J connectivity index is 2.22. The first kappa shape index (κ1) is 25.0. The second-order valence-electron chi connectivity index (χ2n) is 10.7. The molecule has 0 aliphatic heterocycles. The Kier molecular flexibility index (Phi) is 7.68. The first-order valence-corrected chi connectivity index (χ1v) is 11.6. The standard InChI is InChI=1S/C29H44N2/c1-11-21(4)24(17-20(2)3)23(6)31(10)22(5)18-29(15-16-29)19-25-26(28(7,8)9)13-12-14-27(25)30/h11-14,17,23H,2,5,15-16,18-19,30H2,1,3-4,6-10H3/b21-11-,24-17+. The molecule has 2 nitrogen and oxygen atoms in total. The SMILES string of the molecule is C=C(C)/C=C(\C(C)=C/C)C(C)N(C)C(=C)CC1(Cc2c(N)cccc2C(C)(C)C)CC1. The van der Waals surface area contributed by atoms with E-state index in [1.54, 1.807) is 0 Å². The molecule has 0 aromatic heterocycles. The molecular weight excluding hydrogens is 376 g/mol. The monoisotopic (exact) mass is 420 g/mol. The molecule has 1 atom stereocenters. The molecule has 1 fully saturated rings. The molecule has 1 saturated carbocycles. The number of nitrogen functional groups attached to an aromatic ring is 1. The molecule has 1 aliphatic rings. The zero-order valence-electron chi connectivity index (χ0n) is 21.2. The third kappa shape index (κ3) is 6.15. The maximum Gasteiger partial charge on any atom is 0.0510 e. The predicted octanol–water partition coefficient (Wildman–Crippen LogP) is 7.58. The van der Waals surface area contributed by atoms with Crippen molar-refractivity contribution in [3.63, 3.8) is 0 Å². The fraction of sp³-hybridized carbons (Fsp3) is 0.517. The normalized spacial score (nSPS) is 17.3. The number of allylic oxidation sites excluding steroid dienone is 4. The van der Waals surface area contributed by atoms with Gasteiger partial charge in [-0.2, -0.15) is 0 Å². The Morgan fingerprint density at radius 1 is 1.23 bits per heavy atom. The van der Waals surface area contributed by atoms with E-state index >= 15 is 0 Å². The zero-order chi connectivity index (χ0) is 23.6. The summed E-state index contributed by atoms with van der Waals surface area (Å²) in [7, 11) is 2.18. The molecule has 1 aromatic carbocycles. The Hall–Kier alpha value is -2.22. The Bertz CT molecular complexity index is 888. The van der Waals surface area contributed by atoms with Gasteiger partial charge in [-0.15, -0.1) is 0 Å². The molecule has 0 bridgehead atoms. The lowest BCUT2D eigenvalue weighted by atomic mass is 9.79. The lowest BCUT2D eigenvalue weighted by molar-refractivity contribution is 0.322. The van der Waals surface area contributed by atoms with Crippen LogP contribution in [0.15, 0.2) is 65.9 Å². The molecule has 1 unspecified atom stereocenters. The molecule has 170 valence electrons. The van der Waals surface area contributed by atoms with Gasteiger partial charge in [-0.3, -0.25) is 0 Å². The predicted molar refractivity (Wildman–Crippen MR) is 138 cm³/mol. The Morgan fingerprint density at radius 2 is 1.84 bits per heavy atom. The summed E-state index contributed by atoms with van der Waals surface area (Å²) in [6, 6.07) is 6.65. The van der Waals surface area contributed by atoms with Gasteiger partial charge < -0.3 is 10.6 Å². The fourth-order valence-corrected chi connectivity index (χ4v) is 4.51. The second kappa shape index (κ2) is 9.51. The number of rotatable bonds is 9. The minimum Gasteiger partial charge on any atom is -0.398 e. The molecule has 0 amide bonds. The van der Waals surface area contributed by atoms with E-state index in [2.05, 4.69) is 104 Å². The van der Waals surface area contributed by atoms with E-state index in [-0.39, 0.29) is 16.9 Å². The summed E-state index contributed by atoms with van der Waals surface area (Å²) in [4.78, 5) is 2.35. The summed E-state index contributed by atoms with van der Waals surface area (Å²) >= 11 is 0. The zero-order valence-corrected chi connectivity index (χ0v) is 21.2. The van der Waals surface area contributed by atoms with Crippen LogP contribution in [0, 0.1) is 5.41 Å². The molecule has 2 heteroatoms. The van der Waals surface area contributed by atoms with Crippen LogP contribution >= 0.6 is 0 Å². The number of anilines is 1. The summed E-state index contributed by atoms with van der Waals surface area (Å²) < 4.78 is 0. The molecule has 0 saturated heterocycles. The molecule has 2 N–H and O–H groups in total. The van der Waals surface area contributed by atoms with Crippen molar-refractivity contribution in [1.29, 1.82) is 0 Å². The summed E-state index contributed by atoms with van der Waals surface area (Å²) in [5.74, 6) is 0. The maximum atomic E-state index is 6.47. The highest BCUT2D eigenvalue weighted by atomic mass is 15.1. The van der Waals surface area contributed by atoms with Crippen LogP contribution < -0.4 is 5.73 Å². The van der Waals surface area contributed by atoms with Crippen molar-refractivity contribution >= 4 is 5.69 Å². The first-order chi connectivity index (χ1) is 14.3. The van der Waals surface area contributed by atoms with Crippen molar-refractivity contribution < 1.29 is 0 Å². The van der Waals surface area contributed by atoms with Gasteiger partial charge in [0.05, 0.1) is 6.04 Å². The van der Waals surface area contributed by atoms with Gasteiger partial charge in [0, 0.05) is 18.4 Å². The topological polar surface area (TPSA) is 29.3 Å². The Labute approximate surface area is 191 Å². The van der Waals surface area contributed by atoms with Crippen molar-refractivity contribution in [2.24, 2.45) is 5.41 Å². The number of nitrogens with zero attached hydrogens (tertiary/aromatic N) is 1. The second-order valence-corrected chi connectivity index (χ2v) is 10.7. The summed E-state index contributed by atoms with van der Waals surface area (Å²) in [5, 5.41) is 0.